The molecule has 0 aliphatic heterocycles. The van der Waals surface area contributed by atoms with Crippen LogP contribution in [0.25, 0.3) is 10.6 Å². The van der Waals surface area contributed by atoms with E-state index in [1.54, 1.807) is 11.3 Å². The van der Waals surface area contributed by atoms with E-state index in [0.29, 0.717) is 0 Å². The molecule has 0 aliphatic carbocycles. The van der Waals surface area contributed by atoms with Crippen LogP contribution in [0.15, 0.2) is 15.9 Å². The van der Waals surface area contributed by atoms with Gasteiger partial charge in [0.15, 0.2) is 0 Å². The van der Waals surface area contributed by atoms with Crippen LogP contribution in [0.5, 0.6) is 0 Å². The highest BCUT2D eigenvalue weighted by molar-refractivity contribution is 9.10. The maximum Gasteiger partial charge on any atom is 0.115 e. The summed E-state index contributed by atoms with van der Waals surface area (Å²) < 4.78 is 4.97. The monoisotopic (exact) mass is 338 g/mol. The Labute approximate surface area is 100 Å². The lowest BCUT2D eigenvalue weighted by atomic mass is 10.4. The molecule has 0 radical (unpaired) electrons. The Morgan fingerprint density at radius 3 is 2.85 bits per heavy atom. The van der Waals surface area contributed by atoms with Crippen molar-refractivity contribution in [1.82, 2.24) is 9.59 Å². The number of hydrogen-bond acceptors (Lipinski definition) is 4. The summed E-state index contributed by atoms with van der Waals surface area (Å²) in [5.74, 6) is 0. The molecule has 6 heteroatoms. The predicted octanol–water partition coefficient (Wildman–Crippen LogP) is 3.92. The minimum atomic E-state index is 0.871. The van der Waals surface area contributed by atoms with Crippen molar-refractivity contribution < 1.29 is 0 Å². The van der Waals surface area contributed by atoms with Gasteiger partial charge in [0.05, 0.1) is 4.88 Å². The molecule has 2 rings (SSSR count). The molecule has 0 spiro atoms. The summed E-state index contributed by atoms with van der Waals surface area (Å²) in [7, 11) is 0. The van der Waals surface area contributed by atoms with E-state index >= 15 is 0 Å². The summed E-state index contributed by atoms with van der Waals surface area (Å²) in [6.45, 7) is 0. The average Bonchev–Trinajstić information content (AvgIpc) is 2.71. The second-order valence-corrected chi connectivity index (χ2v) is 5.47. The van der Waals surface area contributed by atoms with Gasteiger partial charge < -0.3 is 0 Å². The maximum atomic E-state index is 4.02. The van der Waals surface area contributed by atoms with Crippen molar-refractivity contribution in [2.24, 2.45) is 0 Å². The quantitative estimate of drug-likeness (QED) is 0.775. The Bertz CT molecular complexity index is 397. The zero-order valence-electron chi connectivity index (χ0n) is 6.33. The van der Waals surface area contributed by atoms with E-state index in [0.717, 1.165) is 20.4 Å². The third kappa shape index (κ3) is 2.01. The molecule has 2 aromatic heterocycles. The van der Waals surface area contributed by atoms with Crippen molar-refractivity contribution in [1.29, 1.82) is 0 Å². The Balaban J connectivity index is 2.43. The van der Waals surface area contributed by atoms with Crippen LogP contribution in [-0.4, -0.2) is 9.59 Å². The van der Waals surface area contributed by atoms with Crippen molar-refractivity contribution in [3.8, 4) is 10.6 Å². The third-order valence-electron chi connectivity index (χ3n) is 1.49. The van der Waals surface area contributed by atoms with Gasteiger partial charge in [-0.3, -0.25) is 0 Å². The molecule has 0 N–H and O–H groups in total. The Morgan fingerprint density at radius 2 is 2.31 bits per heavy atom. The first kappa shape index (κ1) is 9.76. The Hall–Kier alpha value is 0.220. The molecule has 0 aliphatic rings. The van der Waals surface area contributed by atoms with Gasteiger partial charge in [-0.05, 0) is 33.5 Å². The first-order valence-corrected chi connectivity index (χ1v) is 6.99. The fraction of sp³-hybridized carbons (Fsp3) is 0.143. The van der Waals surface area contributed by atoms with Crippen LogP contribution in [0.4, 0.5) is 0 Å². The minimum Gasteiger partial charge on any atom is -0.137 e. The summed E-state index contributed by atoms with van der Waals surface area (Å²) in [6.07, 6.45) is 0. The van der Waals surface area contributed by atoms with Gasteiger partial charge in [-0.1, -0.05) is 20.4 Å². The zero-order valence-corrected chi connectivity index (χ0v) is 11.1. The number of rotatable bonds is 2. The highest BCUT2D eigenvalue weighted by Crippen LogP contribution is 2.35. The zero-order chi connectivity index (χ0) is 9.26. The Kier molecular flexibility index (Phi) is 3.13. The topological polar surface area (TPSA) is 25.8 Å². The molecule has 0 aromatic carbocycles. The van der Waals surface area contributed by atoms with Crippen molar-refractivity contribution in [3.05, 3.63) is 20.8 Å². The fourth-order valence-electron chi connectivity index (χ4n) is 0.896. The lowest BCUT2D eigenvalue weighted by molar-refractivity contribution is 1.17. The molecule has 0 saturated carbocycles. The van der Waals surface area contributed by atoms with Gasteiger partial charge in [0, 0.05) is 20.1 Å². The lowest BCUT2D eigenvalue weighted by Crippen LogP contribution is -1.69. The van der Waals surface area contributed by atoms with Gasteiger partial charge >= 0.3 is 0 Å². The summed E-state index contributed by atoms with van der Waals surface area (Å²) in [6, 6.07) is 2.08. The standard InChI is InChI=1S/C7H4Br2N2S2/c8-2-7-4(9)1-6(13-7)5-3-12-11-10-5/h1,3H,2H2. The van der Waals surface area contributed by atoms with Crippen LogP contribution in [0.3, 0.4) is 0 Å². The van der Waals surface area contributed by atoms with Gasteiger partial charge in [0.25, 0.3) is 0 Å². The highest BCUT2D eigenvalue weighted by Gasteiger charge is 2.08. The van der Waals surface area contributed by atoms with Crippen molar-refractivity contribution in [3.63, 3.8) is 0 Å². The second kappa shape index (κ2) is 4.16. The molecule has 0 unspecified atom stereocenters. The third-order valence-corrected chi connectivity index (χ3v) is 5.06. The maximum absolute atomic E-state index is 4.02. The van der Waals surface area contributed by atoms with E-state index in [4.69, 9.17) is 0 Å². The van der Waals surface area contributed by atoms with Crippen LogP contribution in [0.1, 0.15) is 4.88 Å². The highest BCUT2D eigenvalue weighted by atomic mass is 79.9. The minimum absolute atomic E-state index is 0.871. The van der Waals surface area contributed by atoms with Gasteiger partial charge in [0.2, 0.25) is 0 Å². The number of nitrogens with zero attached hydrogens (tertiary/aromatic N) is 2. The molecular weight excluding hydrogens is 336 g/mol. The molecule has 2 nitrogen and oxygen atoms in total. The molecule has 13 heavy (non-hydrogen) atoms. The SMILES string of the molecule is BrCc1sc(-c2csnn2)cc1Br. The van der Waals surface area contributed by atoms with Crippen LogP contribution in [0.2, 0.25) is 0 Å². The first-order chi connectivity index (χ1) is 6.31. The summed E-state index contributed by atoms with van der Waals surface area (Å²) in [5.41, 5.74) is 0.961. The van der Waals surface area contributed by atoms with E-state index in [2.05, 4.69) is 47.5 Å². The van der Waals surface area contributed by atoms with E-state index in [1.165, 1.54) is 16.4 Å². The largest absolute Gasteiger partial charge is 0.137 e. The molecule has 0 atom stereocenters. The number of aromatic nitrogens is 2. The average molecular weight is 340 g/mol. The van der Waals surface area contributed by atoms with Crippen LogP contribution < -0.4 is 0 Å². The van der Waals surface area contributed by atoms with Crippen LogP contribution >= 0.6 is 54.7 Å². The summed E-state index contributed by atoms with van der Waals surface area (Å²) in [5, 5.41) is 6.84. The van der Waals surface area contributed by atoms with E-state index in [1.807, 2.05) is 5.38 Å². The van der Waals surface area contributed by atoms with Crippen LogP contribution in [-0.2, 0) is 5.33 Å². The smallest absolute Gasteiger partial charge is 0.115 e. The first-order valence-electron chi connectivity index (χ1n) is 3.43. The predicted molar refractivity (Wildman–Crippen MR) is 63.6 cm³/mol. The van der Waals surface area contributed by atoms with E-state index < -0.39 is 0 Å². The van der Waals surface area contributed by atoms with Crippen molar-refractivity contribution in [2.45, 2.75) is 5.33 Å². The Morgan fingerprint density at radius 1 is 1.46 bits per heavy atom. The summed E-state index contributed by atoms with van der Waals surface area (Å²) in [4.78, 5) is 2.44. The second-order valence-electron chi connectivity index (χ2n) is 2.31. The van der Waals surface area contributed by atoms with Gasteiger partial charge in [-0.2, -0.15) is 0 Å². The van der Waals surface area contributed by atoms with Gasteiger partial charge in [-0.15, -0.1) is 16.4 Å². The molecule has 68 valence electrons. The van der Waals surface area contributed by atoms with Crippen LogP contribution in [0, 0.1) is 0 Å². The van der Waals surface area contributed by atoms with E-state index in [9.17, 15) is 0 Å². The number of thiophene rings is 1. The number of hydrogen-bond donors (Lipinski definition) is 0. The van der Waals surface area contributed by atoms with Gasteiger partial charge in [-0.25, -0.2) is 0 Å². The lowest BCUT2D eigenvalue weighted by Gasteiger charge is -1.85. The molecule has 0 bridgehead atoms. The van der Waals surface area contributed by atoms with E-state index in [-0.39, 0.29) is 0 Å². The number of halogens is 2. The molecular formula is C7H4Br2N2S2. The molecule has 0 amide bonds. The molecule has 0 saturated heterocycles. The normalized spacial score (nSPS) is 10.6. The van der Waals surface area contributed by atoms with Crippen molar-refractivity contribution >= 4 is 54.7 Å². The van der Waals surface area contributed by atoms with Crippen molar-refractivity contribution in [2.75, 3.05) is 0 Å². The van der Waals surface area contributed by atoms with Gasteiger partial charge in [0.1, 0.15) is 5.69 Å². The molecule has 2 heterocycles. The molecule has 2 aromatic rings. The fourth-order valence-corrected chi connectivity index (χ4v) is 4.07. The summed E-state index contributed by atoms with van der Waals surface area (Å²) >= 11 is 10.0. The molecule has 0 fully saturated rings. The number of alkyl halides is 1.